The van der Waals surface area contributed by atoms with E-state index in [9.17, 15) is 40.5 Å². The monoisotopic (exact) mass is 1180 g/mol. The Hall–Kier alpha value is -1.41. The highest BCUT2D eigenvalue weighted by Gasteiger charge is 2.44. The lowest BCUT2D eigenvalue weighted by molar-refractivity contribution is -0.303. The van der Waals surface area contributed by atoms with Crippen LogP contribution in [0.15, 0.2) is 24.3 Å². The normalized spacial score (nSPS) is 19.1. The van der Waals surface area contributed by atoms with E-state index in [1.165, 1.54) is 283 Å². The molecule has 1 heterocycles. The molecule has 1 amide bonds. The fourth-order valence-electron chi connectivity index (χ4n) is 11.9. The lowest BCUT2D eigenvalue weighted by Gasteiger charge is -2.40. The maximum Gasteiger partial charge on any atom is 0.249 e. The number of ether oxygens (including phenoxy) is 2. The maximum atomic E-state index is 13.3. The number of rotatable bonds is 64. The van der Waals surface area contributed by atoms with Crippen molar-refractivity contribution in [3.05, 3.63) is 24.3 Å². The van der Waals surface area contributed by atoms with E-state index < -0.39 is 74.2 Å². The Morgan fingerprint density at radius 2 is 0.711 bits per heavy atom. The number of nitrogens with one attached hydrogen (secondary N) is 1. The zero-order chi connectivity index (χ0) is 60.3. The van der Waals surface area contributed by atoms with Crippen LogP contribution in [0.4, 0.5) is 0 Å². The number of aliphatic hydroxyl groups is 7. The van der Waals surface area contributed by atoms with Gasteiger partial charge in [-0.2, -0.15) is 0 Å². The van der Waals surface area contributed by atoms with E-state index in [1.807, 2.05) is 0 Å². The summed E-state index contributed by atoms with van der Waals surface area (Å²) in [6.45, 7) is 3.51. The quantitative estimate of drug-likeness (QED) is 0.0215. The zero-order valence-electron chi connectivity index (χ0n) is 54.5. The van der Waals surface area contributed by atoms with Crippen molar-refractivity contribution in [2.75, 3.05) is 13.2 Å². The van der Waals surface area contributed by atoms with E-state index in [-0.39, 0.29) is 12.8 Å². The largest absolute Gasteiger partial charge is 0.394 e. The highest BCUT2D eigenvalue weighted by Crippen LogP contribution is 2.24. The summed E-state index contributed by atoms with van der Waals surface area (Å²) in [4.78, 5) is 13.3. The molecule has 1 rings (SSSR count). The number of unbranched alkanes of at least 4 members (excludes halogenated alkanes) is 48. The van der Waals surface area contributed by atoms with E-state index in [0.29, 0.717) is 12.8 Å². The van der Waals surface area contributed by atoms with Crippen molar-refractivity contribution in [2.45, 2.75) is 416 Å². The smallest absolute Gasteiger partial charge is 0.249 e. The highest BCUT2D eigenvalue weighted by atomic mass is 16.7. The van der Waals surface area contributed by atoms with E-state index in [4.69, 9.17) is 9.47 Å². The summed E-state index contributed by atoms with van der Waals surface area (Å²) in [6, 6.07) is -1.19. The molecular weight excluding hydrogens is 1040 g/mol. The van der Waals surface area contributed by atoms with Gasteiger partial charge in [0.1, 0.15) is 36.6 Å². The van der Waals surface area contributed by atoms with Crippen molar-refractivity contribution in [3.8, 4) is 0 Å². The number of amides is 1. The van der Waals surface area contributed by atoms with E-state index in [0.717, 1.165) is 38.5 Å². The molecule has 9 atom stereocenters. The minimum Gasteiger partial charge on any atom is -0.394 e. The summed E-state index contributed by atoms with van der Waals surface area (Å²) in [6.07, 6.45) is 65.6. The number of allylic oxidation sites excluding steroid dienone is 4. The van der Waals surface area contributed by atoms with Crippen molar-refractivity contribution < 1.29 is 50.0 Å². The van der Waals surface area contributed by atoms with Crippen molar-refractivity contribution in [3.63, 3.8) is 0 Å². The molecule has 1 fully saturated rings. The predicted octanol–water partition coefficient (Wildman–Crippen LogP) is 17.6. The van der Waals surface area contributed by atoms with Gasteiger partial charge in [0.15, 0.2) is 6.29 Å². The minimum absolute atomic E-state index is 0.255. The molecule has 492 valence electrons. The maximum absolute atomic E-state index is 13.3. The van der Waals surface area contributed by atoms with Crippen LogP contribution in [0.5, 0.6) is 0 Å². The molecule has 83 heavy (non-hydrogen) atoms. The van der Waals surface area contributed by atoms with Gasteiger partial charge in [0.25, 0.3) is 0 Å². The van der Waals surface area contributed by atoms with E-state index in [2.05, 4.69) is 43.5 Å². The summed E-state index contributed by atoms with van der Waals surface area (Å²) in [7, 11) is 0. The third kappa shape index (κ3) is 48.2. The second kappa shape index (κ2) is 60.9. The minimum atomic E-state index is -1.67. The average Bonchev–Trinajstić information content (AvgIpc) is 3.68. The molecule has 11 nitrogen and oxygen atoms in total. The fourth-order valence-corrected chi connectivity index (χ4v) is 11.9. The lowest BCUT2D eigenvalue weighted by Crippen LogP contribution is -2.60. The number of hydrogen-bond acceptors (Lipinski definition) is 10. The molecule has 0 aromatic rings. The van der Waals surface area contributed by atoms with Gasteiger partial charge in [0, 0.05) is 0 Å². The molecule has 0 spiro atoms. The Morgan fingerprint density at radius 3 is 1.04 bits per heavy atom. The molecule has 0 aromatic carbocycles. The van der Waals surface area contributed by atoms with Crippen LogP contribution in [0.3, 0.4) is 0 Å². The molecule has 1 aliphatic rings. The van der Waals surface area contributed by atoms with Gasteiger partial charge >= 0.3 is 0 Å². The zero-order valence-corrected chi connectivity index (χ0v) is 54.5. The average molecular weight is 1180 g/mol. The van der Waals surface area contributed by atoms with Crippen molar-refractivity contribution in [1.82, 2.24) is 5.32 Å². The van der Waals surface area contributed by atoms with E-state index in [1.54, 1.807) is 0 Å². The lowest BCUT2D eigenvalue weighted by atomic mass is 9.98. The Morgan fingerprint density at radius 1 is 0.410 bits per heavy atom. The molecule has 0 radical (unpaired) electrons. The van der Waals surface area contributed by atoms with E-state index >= 15 is 0 Å². The topological polar surface area (TPSA) is 189 Å². The number of carbonyl (C=O) groups is 1. The Bertz CT molecular complexity index is 1400. The first-order chi connectivity index (χ1) is 40.7. The molecule has 11 heteroatoms. The molecule has 9 unspecified atom stereocenters. The molecular formula is C72H139NO10. The molecule has 0 aromatic heterocycles. The molecule has 8 N–H and O–H groups in total. The van der Waals surface area contributed by atoms with Gasteiger partial charge in [0.2, 0.25) is 5.91 Å². The SMILES string of the molecule is CCCCCCCCCCCCCC/C=C\CCCCCCCCCCCCCC(O)C(=O)NC(COC1OC(CO)C(O)C(O)C1O)C(O)C(O)CCC/C=C/CCCCCCCCCCCCCCCCCCCCCCCCCC. The van der Waals surface area contributed by atoms with Gasteiger partial charge in [0.05, 0.1) is 25.4 Å². The molecule has 1 aliphatic heterocycles. The Labute approximate surface area is 512 Å². The van der Waals surface area contributed by atoms with Crippen LogP contribution >= 0.6 is 0 Å². The molecule has 0 aliphatic carbocycles. The first-order valence-electron chi connectivity index (χ1n) is 36.2. The van der Waals surface area contributed by atoms with Gasteiger partial charge in [-0.15, -0.1) is 0 Å². The number of carbonyl (C=O) groups excluding carboxylic acids is 1. The second-order valence-corrected chi connectivity index (χ2v) is 25.7. The Kier molecular flexibility index (Phi) is 58.4. The molecule has 1 saturated heterocycles. The summed E-state index contributed by atoms with van der Waals surface area (Å²) in [5.74, 6) is -0.701. The summed E-state index contributed by atoms with van der Waals surface area (Å²) < 4.78 is 11.2. The second-order valence-electron chi connectivity index (χ2n) is 25.7. The van der Waals surface area contributed by atoms with Crippen LogP contribution < -0.4 is 5.32 Å². The fraction of sp³-hybridized carbons (Fsp3) is 0.931. The van der Waals surface area contributed by atoms with Gasteiger partial charge in [-0.05, 0) is 64.2 Å². The summed E-state index contributed by atoms with van der Waals surface area (Å²) in [5.41, 5.74) is 0. The van der Waals surface area contributed by atoms with Crippen LogP contribution in [-0.2, 0) is 14.3 Å². The van der Waals surface area contributed by atoms with Crippen molar-refractivity contribution in [1.29, 1.82) is 0 Å². The Balaban J connectivity index is 2.20. The number of hydrogen-bond donors (Lipinski definition) is 8. The standard InChI is InChI=1S/C72H139NO10/c1-3-5-7-9-11-13-15-17-19-21-23-25-27-29-31-32-34-35-37-39-41-43-45-47-49-51-53-55-57-59-64(75)67(77)63(62-82-72-70(80)69(79)68(78)66(61-74)83-72)73-71(81)65(76)60-58-56-54-52-50-48-46-44-42-40-38-36-33-30-28-26-24-22-20-18-16-14-12-10-8-6-4-2/h30,33,51,53,63-70,72,74-80H,3-29,31-32,34-50,52,54-62H2,1-2H3,(H,73,81)/b33-30-,53-51+. The first-order valence-corrected chi connectivity index (χ1v) is 36.2. The van der Waals surface area contributed by atoms with Crippen LogP contribution in [0, 0.1) is 0 Å². The summed E-state index contributed by atoms with van der Waals surface area (Å²) >= 11 is 0. The molecule has 0 saturated carbocycles. The predicted molar refractivity (Wildman–Crippen MR) is 349 cm³/mol. The summed E-state index contributed by atoms with van der Waals surface area (Å²) in [5, 5.41) is 76.5. The molecule has 0 bridgehead atoms. The third-order valence-electron chi connectivity index (χ3n) is 17.7. The van der Waals surface area contributed by atoms with Crippen LogP contribution in [0.1, 0.15) is 361 Å². The highest BCUT2D eigenvalue weighted by molar-refractivity contribution is 5.80. The van der Waals surface area contributed by atoms with Gasteiger partial charge in [-0.3, -0.25) is 4.79 Å². The number of aliphatic hydroxyl groups excluding tert-OH is 7. The van der Waals surface area contributed by atoms with Gasteiger partial charge < -0.3 is 50.5 Å². The van der Waals surface area contributed by atoms with Crippen LogP contribution in [-0.4, -0.2) is 110 Å². The van der Waals surface area contributed by atoms with Gasteiger partial charge in [-0.1, -0.05) is 321 Å². The van der Waals surface area contributed by atoms with Crippen molar-refractivity contribution in [2.24, 2.45) is 0 Å². The van der Waals surface area contributed by atoms with Crippen molar-refractivity contribution >= 4 is 5.91 Å². The first kappa shape index (κ1) is 79.6. The van der Waals surface area contributed by atoms with Crippen LogP contribution in [0.2, 0.25) is 0 Å². The third-order valence-corrected chi connectivity index (χ3v) is 17.7. The van der Waals surface area contributed by atoms with Gasteiger partial charge in [-0.25, -0.2) is 0 Å². The van der Waals surface area contributed by atoms with Crippen LogP contribution in [0.25, 0.3) is 0 Å².